The van der Waals surface area contributed by atoms with Crippen molar-refractivity contribution in [2.45, 2.75) is 19.4 Å². The zero-order chi connectivity index (χ0) is 16.5. The Hall–Kier alpha value is -2.60. The Morgan fingerprint density at radius 2 is 2.04 bits per heavy atom. The van der Waals surface area contributed by atoms with E-state index in [4.69, 9.17) is 5.73 Å². The van der Waals surface area contributed by atoms with Crippen LogP contribution in [0.25, 0.3) is 22.3 Å². The molecule has 3 aromatic rings. The highest BCUT2D eigenvalue weighted by Gasteiger charge is 2.20. The lowest BCUT2D eigenvalue weighted by molar-refractivity contribution is 0.613. The van der Waals surface area contributed by atoms with E-state index in [0.29, 0.717) is 29.1 Å². The summed E-state index contributed by atoms with van der Waals surface area (Å²) < 4.78 is 14.0. The Bertz CT molecular complexity index is 892. The van der Waals surface area contributed by atoms with E-state index in [2.05, 4.69) is 20.3 Å². The average molecular weight is 323 g/mol. The largest absolute Gasteiger partial charge is 0.382 e. The van der Waals surface area contributed by atoms with Gasteiger partial charge < -0.3 is 11.1 Å². The predicted octanol–water partition coefficient (Wildman–Crippen LogP) is 2.91. The quantitative estimate of drug-likeness (QED) is 0.755. The lowest BCUT2D eigenvalue weighted by Crippen LogP contribution is -2.16. The van der Waals surface area contributed by atoms with Crippen LogP contribution in [-0.4, -0.2) is 21.5 Å². The molecular weight excluding hydrogens is 305 g/mol. The van der Waals surface area contributed by atoms with E-state index >= 15 is 0 Å². The first-order valence-corrected chi connectivity index (χ1v) is 8.07. The molecule has 2 heterocycles. The van der Waals surface area contributed by atoms with Crippen molar-refractivity contribution in [2.24, 2.45) is 5.92 Å². The number of anilines is 1. The van der Waals surface area contributed by atoms with Gasteiger partial charge in [-0.15, -0.1) is 0 Å². The summed E-state index contributed by atoms with van der Waals surface area (Å²) in [5.74, 6) is 0.850. The molecule has 5 nitrogen and oxygen atoms in total. The molecule has 0 aliphatic heterocycles. The maximum atomic E-state index is 14.0. The Balaban J connectivity index is 1.64. The summed E-state index contributed by atoms with van der Waals surface area (Å²) in [6, 6.07) is 8.65. The predicted molar refractivity (Wildman–Crippen MR) is 91.6 cm³/mol. The van der Waals surface area contributed by atoms with Crippen LogP contribution in [0.1, 0.15) is 18.4 Å². The van der Waals surface area contributed by atoms with E-state index in [1.807, 2.05) is 18.2 Å². The average Bonchev–Trinajstić information content (AvgIpc) is 3.39. The van der Waals surface area contributed by atoms with Crippen LogP contribution in [-0.2, 0) is 6.54 Å². The number of hydrogen-bond donors (Lipinski definition) is 2. The van der Waals surface area contributed by atoms with Gasteiger partial charge in [0.2, 0.25) is 0 Å². The van der Waals surface area contributed by atoms with Crippen LogP contribution in [0.15, 0.2) is 36.7 Å². The third-order valence-corrected chi connectivity index (χ3v) is 4.22. The van der Waals surface area contributed by atoms with Gasteiger partial charge in [-0.2, -0.15) is 0 Å². The van der Waals surface area contributed by atoms with Crippen LogP contribution in [0.3, 0.4) is 0 Å². The highest BCUT2D eigenvalue weighted by Crippen LogP contribution is 2.28. The minimum Gasteiger partial charge on any atom is -0.382 e. The number of hydrogen-bond acceptors (Lipinski definition) is 5. The number of benzene rings is 1. The van der Waals surface area contributed by atoms with Gasteiger partial charge in [-0.3, -0.25) is 0 Å². The molecule has 0 unspecified atom stereocenters. The third-order valence-electron chi connectivity index (χ3n) is 4.22. The Morgan fingerprint density at radius 3 is 2.88 bits per heavy atom. The summed E-state index contributed by atoms with van der Waals surface area (Å²) in [5, 5.41) is 3.38. The van der Waals surface area contributed by atoms with Crippen molar-refractivity contribution < 1.29 is 4.39 Å². The molecule has 4 rings (SSSR count). The third kappa shape index (κ3) is 3.19. The molecule has 24 heavy (non-hydrogen) atoms. The molecule has 3 N–H and O–H groups in total. The van der Waals surface area contributed by atoms with Crippen molar-refractivity contribution in [2.75, 3.05) is 12.3 Å². The van der Waals surface area contributed by atoms with E-state index in [1.54, 1.807) is 6.07 Å². The van der Waals surface area contributed by atoms with Gasteiger partial charge in [-0.05, 0) is 61.2 Å². The maximum absolute atomic E-state index is 14.0. The zero-order valence-corrected chi connectivity index (χ0v) is 13.2. The van der Waals surface area contributed by atoms with Crippen LogP contribution in [0, 0.1) is 11.7 Å². The van der Waals surface area contributed by atoms with Gasteiger partial charge in [-0.1, -0.05) is 0 Å². The number of nitrogens with two attached hydrogens (primary N) is 1. The normalized spacial score (nSPS) is 14.2. The standard InChI is InChI=1S/C18H18FN5/c19-14-6-12(9-21-8-11-1-2-11)5-13(7-14)15-3-4-16-17(24-15)18(20)23-10-22-16/h3-7,10-11,21H,1-2,8-9H2,(H2,20,22,23). The van der Waals surface area contributed by atoms with Crippen molar-refractivity contribution in [3.8, 4) is 11.3 Å². The molecule has 0 bridgehead atoms. The van der Waals surface area contributed by atoms with Crippen molar-refractivity contribution in [3.05, 3.63) is 48.0 Å². The van der Waals surface area contributed by atoms with Gasteiger partial charge >= 0.3 is 0 Å². The van der Waals surface area contributed by atoms with E-state index in [0.717, 1.165) is 23.6 Å². The summed E-state index contributed by atoms with van der Waals surface area (Å²) >= 11 is 0. The minimum atomic E-state index is -0.269. The van der Waals surface area contributed by atoms with Crippen molar-refractivity contribution in [1.82, 2.24) is 20.3 Å². The van der Waals surface area contributed by atoms with Gasteiger partial charge in [-0.25, -0.2) is 19.3 Å². The van der Waals surface area contributed by atoms with Crippen LogP contribution in [0.4, 0.5) is 10.2 Å². The number of nitrogen functional groups attached to an aromatic ring is 1. The number of halogens is 1. The van der Waals surface area contributed by atoms with E-state index in [1.165, 1.54) is 25.2 Å². The molecule has 2 aromatic heterocycles. The molecule has 1 aliphatic carbocycles. The second-order valence-electron chi connectivity index (χ2n) is 6.25. The van der Waals surface area contributed by atoms with Gasteiger partial charge in [0, 0.05) is 12.1 Å². The highest BCUT2D eigenvalue weighted by atomic mass is 19.1. The number of fused-ring (bicyclic) bond motifs is 1. The molecule has 1 fully saturated rings. The molecule has 0 spiro atoms. The topological polar surface area (TPSA) is 76.7 Å². The smallest absolute Gasteiger partial charge is 0.153 e. The Labute approximate surface area is 139 Å². The van der Waals surface area contributed by atoms with Gasteiger partial charge in [0.05, 0.1) is 11.2 Å². The summed E-state index contributed by atoms with van der Waals surface area (Å²) in [7, 11) is 0. The molecule has 122 valence electrons. The first-order chi connectivity index (χ1) is 11.7. The van der Waals surface area contributed by atoms with E-state index < -0.39 is 0 Å². The Kier molecular flexibility index (Phi) is 3.82. The lowest BCUT2D eigenvalue weighted by Gasteiger charge is -2.08. The lowest BCUT2D eigenvalue weighted by atomic mass is 10.1. The summed E-state index contributed by atoms with van der Waals surface area (Å²) in [5.41, 5.74) is 9.37. The molecule has 6 heteroatoms. The number of rotatable bonds is 5. The van der Waals surface area contributed by atoms with E-state index in [-0.39, 0.29) is 5.82 Å². The van der Waals surface area contributed by atoms with Crippen molar-refractivity contribution >= 4 is 16.9 Å². The highest BCUT2D eigenvalue weighted by molar-refractivity contribution is 5.85. The first-order valence-electron chi connectivity index (χ1n) is 8.07. The second-order valence-corrected chi connectivity index (χ2v) is 6.25. The molecule has 0 saturated heterocycles. The van der Waals surface area contributed by atoms with Crippen LogP contribution in [0.5, 0.6) is 0 Å². The van der Waals surface area contributed by atoms with Crippen molar-refractivity contribution in [1.29, 1.82) is 0 Å². The Morgan fingerprint density at radius 1 is 1.17 bits per heavy atom. The maximum Gasteiger partial charge on any atom is 0.153 e. The number of nitrogens with one attached hydrogen (secondary N) is 1. The van der Waals surface area contributed by atoms with Crippen LogP contribution < -0.4 is 11.1 Å². The van der Waals surface area contributed by atoms with Crippen molar-refractivity contribution in [3.63, 3.8) is 0 Å². The number of aromatic nitrogens is 3. The molecule has 0 amide bonds. The molecule has 1 aliphatic rings. The molecule has 1 aromatic carbocycles. The van der Waals surface area contributed by atoms with Gasteiger partial charge in [0.1, 0.15) is 17.7 Å². The summed E-state index contributed by atoms with van der Waals surface area (Å²) in [6.07, 6.45) is 4.00. The fraction of sp³-hybridized carbons (Fsp3) is 0.278. The number of pyridine rings is 1. The van der Waals surface area contributed by atoms with Gasteiger partial charge in [0.15, 0.2) is 5.82 Å². The summed E-state index contributed by atoms with van der Waals surface area (Å²) in [6.45, 7) is 1.65. The first kappa shape index (κ1) is 15.0. The van der Waals surface area contributed by atoms with Crippen LogP contribution in [0.2, 0.25) is 0 Å². The SMILES string of the molecule is Nc1ncnc2ccc(-c3cc(F)cc(CNCC4CC4)c3)nc12. The fourth-order valence-electron chi connectivity index (χ4n) is 2.76. The van der Waals surface area contributed by atoms with Crippen LogP contribution >= 0.6 is 0 Å². The summed E-state index contributed by atoms with van der Waals surface area (Å²) in [4.78, 5) is 12.6. The minimum absolute atomic E-state index is 0.269. The monoisotopic (exact) mass is 323 g/mol. The molecular formula is C18H18FN5. The zero-order valence-electron chi connectivity index (χ0n) is 13.2. The number of nitrogens with zero attached hydrogens (tertiary/aromatic N) is 3. The van der Waals surface area contributed by atoms with E-state index in [9.17, 15) is 4.39 Å². The molecule has 0 atom stereocenters. The second kappa shape index (κ2) is 6.13. The molecule has 1 saturated carbocycles. The molecule has 0 radical (unpaired) electrons. The fourth-order valence-corrected chi connectivity index (χ4v) is 2.76. The van der Waals surface area contributed by atoms with Gasteiger partial charge in [0.25, 0.3) is 0 Å².